The van der Waals surface area contributed by atoms with Crippen LogP contribution in [0.15, 0.2) is 49.1 Å². The third-order valence-corrected chi connectivity index (χ3v) is 3.62. The van der Waals surface area contributed by atoms with E-state index in [1.54, 1.807) is 0 Å². The molecule has 0 rings (SSSR count). The molecule has 0 fully saturated rings. The summed E-state index contributed by atoms with van der Waals surface area (Å²) >= 11 is 0. The third-order valence-electron chi connectivity index (χ3n) is 3.62. The largest absolute Gasteiger partial charge is 0.0991 e. The molecule has 0 bridgehead atoms. The van der Waals surface area contributed by atoms with Crippen molar-refractivity contribution in [2.45, 2.75) is 84.0 Å². The maximum atomic E-state index is 3.65. The van der Waals surface area contributed by atoms with E-state index in [2.05, 4.69) is 43.9 Å². The summed E-state index contributed by atoms with van der Waals surface area (Å²) in [7, 11) is 0. The molecule has 0 radical (unpaired) electrons. The van der Waals surface area contributed by atoms with Gasteiger partial charge in [0.15, 0.2) is 0 Å². The van der Waals surface area contributed by atoms with Crippen LogP contribution >= 0.6 is 0 Å². The second-order valence-electron chi connectivity index (χ2n) is 5.70. The number of unbranched alkanes of at least 4 members (excludes halogenated alkanes) is 9. The van der Waals surface area contributed by atoms with Gasteiger partial charge in [0.25, 0.3) is 0 Å². The van der Waals surface area contributed by atoms with E-state index in [9.17, 15) is 0 Å². The van der Waals surface area contributed by atoms with E-state index >= 15 is 0 Å². The first-order valence-corrected chi connectivity index (χ1v) is 8.99. The van der Waals surface area contributed by atoms with Gasteiger partial charge in [0.2, 0.25) is 0 Å². The molecule has 0 aromatic carbocycles. The predicted octanol–water partition coefficient (Wildman–Crippen LogP) is 7.54. The van der Waals surface area contributed by atoms with Crippen LogP contribution in [0, 0.1) is 0 Å². The van der Waals surface area contributed by atoms with Crippen LogP contribution in [0.5, 0.6) is 0 Å². The smallest absolute Gasteiger partial charge is 0.0166 e. The van der Waals surface area contributed by atoms with Gasteiger partial charge in [-0.05, 0) is 25.7 Å². The molecule has 0 aliphatic rings. The van der Waals surface area contributed by atoms with Gasteiger partial charge in [-0.2, -0.15) is 0 Å². The van der Waals surface area contributed by atoms with Gasteiger partial charge >= 0.3 is 0 Å². The van der Waals surface area contributed by atoms with Crippen LogP contribution in [0.1, 0.15) is 84.0 Å². The fourth-order valence-corrected chi connectivity index (χ4v) is 2.31. The molecule has 21 heavy (non-hydrogen) atoms. The van der Waals surface area contributed by atoms with Crippen molar-refractivity contribution in [3.8, 4) is 0 Å². The van der Waals surface area contributed by atoms with Crippen molar-refractivity contribution >= 4 is 0 Å². The highest BCUT2D eigenvalue weighted by Gasteiger charge is 1.90. The molecule has 0 amide bonds. The van der Waals surface area contributed by atoms with Crippen LogP contribution in [0.2, 0.25) is 0 Å². The molecule has 0 heterocycles. The first-order chi connectivity index (χ1) is 10.4. The maximum absolute atomic E-state index is 3.65. The standard InChI is InChI=1S/C21H36/c1-3-5-7-9-11-13-15-17-19-21-20-18-16-14-12-10-8-6-4-2/h3,5,7,11,13,17,19H,1,4,6,8-10,12,14-16,18,20-21H2,2H3/b7-5-,13-11-,19-17-. The fourth-order valence-electron chi connectivity index (χ4n) is 2.31. The van der Waals surface area contributed by atoms with E-state index in [1.807, 2.05) is 12.2 Å². The molecule has 120 valence electrons. The Balaban J connectivity index is 3.18. The molecule has 0 spiro atoms. The van der Waals surface area contributed by atoms with Gasteiger partial charge in [-0.25, -0.2) is 0 Å². The van der Waals surface area contributed by atoms with E-state index in [-0.39, 0.29) is 0 Å². The SMILES string of the molecule is C=C/C=C\C/C=C\C/C=C\CCCCCCCCCCC. The van der Waals surface area contributed by atoms with Crippen LogP contribution in [-0.4, -0.2) is 0 Å². The van der Waals surface area contributed by atoms with Crippen molar-refractivity contribution in [3.05, 3.63) is 49.1 Å². The Morgan fingerprint density at radius 2 is 1.14 bits per heavy atom. The van der Waals surface area contributed by atoms with Gasteiger partial charge in [-0.3, -0.25) is 0 Å². The fraction of sp³-hybridized carbons (Fsp3) is 0.619. The van der Waals surface area contributed by atoms with Gasteiger partial charge in [0.1, 0.15) is 0 Å². The minimum Gasteiger partial charge on any atom is -0.0991 e. The summed E-state index contributed by atoms with van der Waals surface area (Å²) < 4.78 is 0. The number of rotatable bonds is 15. The molecular formula is C21H36. The van der Waals surface area contributed by atoms with Gasteiger partial charge < -0.3 is 0 Å². The number of hydrogen-bond donors (Lipinski definition) is 0. The number of allylic oxidation sites excluding steroid dienone is 7. The average molecular weight is 289 g/mol. The van der Waals surface area contributed by atoms with E-state index in [4.69, 9.17) is 0 Å². The summed E-state index contributed by atoms with van der Waals surface area (Å²) in [4.78, 5) is 0. The first kappa shape index (κ1) is 20.0. The molecule has 0 saturated carbocycles. The Morgan fingerprint density at radius 3 is 1.76 bits per heavy atom. The van der Waals surface area contributed by atoms with Crippen LogP contribution in [-0.2, 0) is 0 Å². The van der Waals surface area contributed by atoms with E-state index in [1.165, 1.54) is 64.2 Å². The van der Waals surface area contributed by atoms with Crippen molar-refractivity contribution < 1.29 is 0 Å². The monoisotopic (exact) mass is 288 g/mol. The maximum Gasteiger partial charge on any atom is -0.0166 e. The lowest BCUT2D eigenvalue weighted by atomic mass is 10.1. The molecule has 0 aromatic heterocycles. The average Bonchev–Trinajstić information content (AvgIpc) is 2.50. The molecule has 0 aliphatic heterocycles. The molecular weight excluding hydrogens is 252 g/mol. The van der Waals surface area contributed by atoms with Crippen molar-refractivity contribution in [3.63, 3.8) is 0 Å². The quantitative estimate of drug-likeness (QED) is 0.166. The zero-order valence-corrected chi connectivity index (χ0v) is 14.2. The molecule has 0 saturated heterocycles. The van der Waals surface area contributed by atoms with Crippen LogP contribution in [0.4, 0.5) is 0 Å². The van der Waals surface area contributed by atoms with Crippen molar-refractivity contribution in [2.24, 2.45) is 0 Å². The highest BCUT2D eigenvalue weighted by atomic mass is 14.0. The summed E-state index contributed by atoms with van der Waals surface area (Å²) in [5.41, 5.74) is 0. The third kappa shape index (κ3) is 19.0. The molecule has 0 heteroatoms. The molecule has 0 atom stereocenters. The Kier molecular flexibility index (Phi) is 18.0. The summed E-state index contributed by atoms with van der Waals surface area (Å²) in [6, 6.07) is 0. The lowest BCUT2D eigenvalue weighted by Gasteiger charge is -2.00. The lowest BCUT2D eigenvalue weighted by molar-refractivity contribution is 0.566. The van der Waals surface area contributed by atoms with Gasteiger partial charge in [-0.1, -0.05) is 107 Å². The van der Waals surface area contributed by atoms with Crippen LogP contribution in [0.25, 0.3) is 0 Å². The van der Waals surface area contributed by atoms with Crippen LogP contribution in [0.3, 0.4) is 0 Å². The normalized spacial score (nSPS) is 12.0. The van der Waals surface area contributed by atoms with Crippen molar-refractivity contribution in [2.75, 3.05) is 0 Å². The van der Waals surface area contributed by atoms with E-state index in [0.29, 0.717) is 0 Å². The van der Waals surface area contributed by atoms with E-state index < -0.39 is 0 Å². The topological polar surface area (TPSA) is 0 Å². The second-order valence-corrected chi connectivity index (χ2v) is 5.70. The summed E-state index contributed by atoms with van der Waals surface area (Å²) in [5, 5.41) is 0. The van der Waals surface area contributed by atoms with Gasteiger partial charge in [0, 0.05) is 0 Å². The summed E-state index contributed by atoms with van der Waals surface area (Å²) in [6.45, 7) is 5.93. The van der Waals surface area contributed by atoms with Crippen LogP contribution < -0.4 is 0 Å². The van der Waals surface area contributed by atoms with E-state index in [0.717, 1.165) is 12.8 Å². The Morgan fingerprint density at radius 1 is 0.619 bits per heavy atom. The predicted molar refractivity (Wildman–Crippen MR) is 98.7 cm³/mol. The summed E-state index contributed by atoms with van der Waals surface area (Å²) in [6.07, 6.45) is 31.1. The lowest BCUT2D eigenvalue weighted by Crippen LogP contribution is -1.80. The Labute approximate surface area is 133 Å². The highest BCUT2D eigenvalue weighted by molar-refractivity contribution is 5.02. The Hall–Kier alpha value is -1.04. The number of hydrogen-bond acceptors (Lipinski definition) is 0. The second kappa shape index (κ2) is 19.0. The minimum atomic E-state index is 1.01. The molecule has 0 aromatic rings. The van der Waals surface area contributed by atoms with Gasteiger partial charge in [0.05, 0.1) is 0 Å². The molecule has 0 N–H and O–H groups in total. The molecule has 0 aliphatic carbocycles. The molecule has 0 nitrogen and oxygen atoms in total. The van der Waals surface area contributed by atoms with Crippen molar-refractivity contribution in [1.82, 2.24) is 0 Å². The van der Waals surface area contributed by atoms with Gasteiger partial charge in [-0.15, -0.1) is 0 Å². The Bertz CT molecular complexity index is 280. The summed E-state index contributed by atoms with van der Waals surface area (Å²) in [5.74, 6) is 0. The minimum absolute atomic E-state index is 1.01. The first-order valence-electron chi connectivity index (χ1n) is 8.99. The van der Waals surface area contributed by atoms with Crippen molar-refractivity contribution in [1.29, 1.82) is 0 Å². The zero-order chi connectivity index (χ0) is 15.4. The molecule has 0 unspecified atom stereocenters. The zero-order valence-electron chi connectivity index (χ0n) is 14.2. The highest BCUT2D eigenvalue weighted by Crippen LogP contribution is 2.10.